The van der Waals surface area contributed by atoms with Crippen molar-refractivity contribution < 1.29 is 33.3 Å². The molecule has 5 rings (SSSR count). The summed E-state index contributed by atoms with van der Waals surface area (Å²) in [5.41, 5.74) is 1.70. The molecule has 0 unspecified atom stereocenters. The molecular formula is C27H28FN3O6S. The first-order valence-corrected chi connectivity index (χ1v) is 12.9. The number of imidazole rings is 1. The minimum absolute atomic E-state index is 0.120. The largest absolute Gasteiger partial charge is 0.496 e. The summed E-state index contributed by atoms with van der Waals surface area (Å²) in [5, 5.41) is 10.2. The smallest absolute Gasteiger partial charge is 0.410 e. The zero-order valence-corrected chi connectivity index (χ0v) is 22.5. The van der Waals surface area contributed by atoms with Crippen molar-refractivity contribution in [3.05, 3.63) is 53.5 Å². The molecule has 1 amide bonds. The number of carbonyl (C=O) groups excluding carboxylic acids is 2. The van der Waals surface area contributed by atoms with E-state index in [1.807, 2.05) is 4.40 Å². The lowest BCUT2D eigenvalue weighted by atomic mass is 10.0. The number of methoxy groups -OCH3 is 2. The van der Waals surface area contributed by atoms with E-state index in [1.165, 1.54) is 36.5 Å². The molecule has 1 aliphatic heterocycles. The van der Waals surface area contributed by atoms with E-state index >= 15 is 4.39 Å². The number of carbonyl (C=O) groups is 2. The van der Waals surface area contributed by atoms with Gasteiger partial charge in [-0.3, -0.25) is 9.30 Å². The Morgan fingerprint density at radius 1 is 1.18 bits per heavy atom. The third-order valence-corrected chi connectivity index (χ3v) is 7.40. The predicted octanol–water partition coefficient (Wildman–Crippen LogP) is 5.19. The number of halogens is 1. The highest BCUT2D eigenvalue weighted by atomic mass is 32.1. The number of hydrogen-bond donors (Lipinski definition) is 1. The number of thiazole rings is 1. The summed E-state index contributed by atoms with van der Waals surface area (Å²) in [6, 6.07) is 7.68. The summed E-state index contributed by atoms with van der Waals surface area (Å²) in [5.74, 6) is -0.630. The quantitative estimate of drug-likeness (QED) is 0.355. The minimum Gasteiger partial charge on any atom is -0.496 e. The molecule has 1 N–H and O–H groups in total. The maximum atomic E-state index is 15.4. The molecule has 0 aliphatic carbocycles. The van der Waals surface area contributed by atoms with Gasteiger partial charge in [-0.05, 0) is 51.0 Å². The van der Waals surface area contributed by atoms with E-state index in [4.69, 9.17) is 14.2 Å². The highest BCUT2D eigenvalue weighted by Gasteiger charge is 2.38. The van der Waals surface area contributed by atoms with E-state index < -0.39 is 35.6 Å². The number of hydrogen-bond acceptors (Lipinski definition) is 8. The van der Waals surface area contributed by atoms with Crippen molar-refractivity contribution in [3.8, 4) is 17.0 Å². The number of likely N-dealkylation sites (tertiary alicyclic amines) is 1. The summed E-state index contributed by atoms with van der Waals surface area (Å²) in [4.78, 5) is 31.5. The molecule has 1 saturated heterocycles. The van der Waals surface area contributed by atoms with Crippen LogP contribution in [0.5, 0.6) is 5.75 Å². The van der Waals surface area contributed by atoms with E-state index in [0.29, 0.717) is 39.5 Å². The van der Waals surface area contributed by atoms with Crippen molar-refractivity contribution in [1.82, 2.24) is 14.3 Å². The number of nitrogens with zero attached hydrogens (tertiary/aromatic N) is 3. The number of fused-ring (bicyclic) bond motifs is 3. The number of aliphatic hydroxyl groups is 1. The first-order chi connectivity index (χ1) is 18.0. The molecule has 1 aliphatic rings. The van der Waals surface area contributed by atoms with E-state index in [-0.39, 0.29) is 6.54 Å². The monoisotopic (exact) mass is 541 g/mol. The van der Waals surface area contributed by atoms with Crippen LogP contribution in [-0.2, 0) is 9.47 Å². The topological polar surface area (TPSA) is 103 Å². The number of aromatic nitrogens is 2. The first-order valence-electron chi connectivity index (χ1n) is 12.0. The Labute approximate surface area is 222 Å². The van der Waals surface area contributed by atoms with Crippen molar-refractivity contribution >= 4 is 38.6 Å². The van der Waals surface area contributed by atoms with Gasteiger partial charge < -0.3 is 19.3 Å². The van der Waals surface area contributed by atoms with Crippen LogP contribution < -0.4 is 4.74 Å². The summed E-state index contributed by atoms with van der Waals surface area (Å²) in [6.07, 6.45) is 0.755. The lowest BCUT2D eigenvalue weighted by Crippen LogP contribution is -2.37. The average Bonchev–Trinajstić information content (AvgIpc) is 3.54. The third kappa shape index (κ3) is 4.67. The van der Waals surface area contributed by atoms with Gasteiger partial charge in [-0.2, -0.15) is 0 Å². The van der Waals surface area contributed by atoms with E-state index in [1.54, 1.807) is 51.2 Å². The highest BCUT2D eigenvalue weighted by molar-refractivity contribution is 7.23. The first kappa shape index (κ1) is 25.9. The van der Waals surface area contributed by atoms with Crippen LogP contribution in [0.4, 0.5) is 9.18 Å². The van der Waals surface area contributed by atoms with Gasteiger partial charge in [0, 0.05) is 17.8 Å². The van der Waals surface area contributed by atoms with Gasteiger partial charge in [-0.15, -0.1) is 0 Å². The molecule has 9 nitrogen and oxygen atoms in total. The lowest BCUT2D eigenvalue weighted by molar-refractivity contribution is 0.0206. The Morgan fingerprint density at radius 2 is 1.95 bits per heavy atom. The molecule has 0 spiro atoms. The number of benzene rings is 2. The minimum atomic E-state index is -0.722. The summed E-state index contributed by atoms with van der Waals surface area (Å²) in [6.45, 7) is 5.43. The number of amides is 1. The molecule has 2 aromatic heterocycles. The van der Waals surface area contributed by atoms with Gasteiger partial charge in [0.25, 0.3) is 0 Å². The van der Waals surface area contributed by atoms with Crippen LogP contribution >= 0.6 is 11.3 Å². The van der Waals surface area contributed by atoms with Crippen molar-refractivity contribution in [3.63, 3.8) is 0 Å². The number of β-amino-alcohol motifs (C(OH)–C–C–N with tert-alkyl or cyclic N) is 1. The fourth-order valence-corrected chi connectivity index (χ4v) is 5.72. The predicted molar refractivity (Wildman–Crippen MR) is 140 cm³/mol. The number of rotatable bonds is 4. The van der Waals surface area contributed by atoms with Gasteiger partial charge in [0.15, 0.2) is 4.96 Å². The molecule has 11 heteroatoms. The summed E-state index contributed by atoms with van der Waals surface area (Å²) >= 11 is 1.36. The van der Waals surface area contributed by atoms with Crippen LogP contribution in [0.1, 0.15) is 49.2 Å². The summed E-state index contributed by atoms with van der Waals surface area (Å²) < 4.78 is 33.8. The average molecular weight is 542 g/mol. The lowest BCUT2D eigenvalue weighted by Gasteiger charge is -2.28. The van der Waals surface area contributed by atoms with E-state index in [2.05, 4.69) is 4.98 Å². The maximum absolute atomic E-state index is 15.4. The van der Waals surface area contributed by atoms with Crippen LogP contribution in [-0.4, -0.2) is 63.9 Å². The third-order valence-electron chi connectivity index (χ3n) is 6.38. The van der Waals surface area contributed by atoms with Crippen LogP contribution in [0.3, 0.4) is 0 Å². The zero-order valence-electron chi connectivity index (χ0n) is 21.6. The fourth-order valence-electron chi connectivity index (χ4n) is 4.69. The molecule has 0 saturated carbocycles. The van der Waals surface area contributed by atoms with Gasteiger partial charge >= 0.3 is 12.1 Å². The van der Waals surface area contributed by atoms with Crippen LogP contribution in [0.2, 0.25) is 0 Å². The molecule has 200 valence electrons. The molecule has 0 radical (unpaired) electrons. The van der Waals surface area contributed by atoms with Crippen molar-refractivity contribution in [2.24, 2.45) is 0 Å². The number of ether oxygens (including phenoxy) is 3. The number of esters is 1. The molecule has 2 atom stereocenters. The number of aliphatic hydroxyl groups excluding tert-OH is 1. The molecule has 2 aromatic carbocycles. The highest BCUT2D eigenvalue weighted by Crippen LogP contribution is 2.37. The Kier molecular flexibility index (Phi) is 6.52. The van der Waals surface area contributed by atoms with Gasteiger partial charge in [0.1, 0.15) is 22.7 Å². The van der Waals surface area contributed by atoms with Crippen LogP contribution in [0, 0.1) is 5.82 Å². The van der Waals surface area contributed by atoms with Gasteiger partial charge in [0.05, 0.1) is 48.8 Å². The van der Waals surface area contributed by atoms with Crippen molar-refractivity contribution in [2.75, 3.05) is 20.8 Å². The normalized spacial score (nSPS) is 17.8. The second kappa shape index (κ2) is 9.55. The van der Waals surface area contributed by atoms with Crippen LogP contribution in [0.15, 0.2) is 36.5 Å². The second-order valence-corrected chi connectivity index (χ2v) is 11.2. The van der Waals surface area contributed by atoms with Crippen molar-refractivity contribution in [1.29, 1.82) is 0 Å². The molecule has 3 heterocycles. The molecular weight excluding hydrogens is 513 g/mol. The van der Waals surface area contributed by atoms with E-state index in [0.717, 1.165) is 10.2 Å². The van der Waals surface area contributed by atoms with Gasteiger partial charge in [-0.1, -0.05) is 17.4 Å². The zero-order chi connectivity index (χ0) is 27.4. The summed E-state index contributed by atoms with van der Waals surface area (Å²) in [7, 11) is 2.78. The van der Waals surface area contributed by atoms with E-state index in [9.17, 15) is 14.7 Å². The van der Waals surface area contributed by atoms with Crippen molar-refractivity contribution in [2.45, 2.75) is 44.9 Å². The Hall–Kier alpha value is -3.70. The second-order valence-electron chi connectivity index (χ2n) is 10.2. The van der Waals surface area contributed by atoms with Gasteiger partial charge in [-0.25, -0.2) is 19.0 Å². The Balaban J connectivity index is 1.47. The molecule has 38 heavy (non-hydrogen) atoms. The fraction of sp³-hybridized carbons (Fsp3) is 0.370. The molecule has 0 bridgehead atoms. The Bertz CT molecular complexity index is 1560. The van der Waals surface area contributed by atoms with Crippen LogP contribution in [0.25, 0.3) is 26.4 Å². The SMILES string of the molecule is COC(=O)c1cc2sc3nc(-c4ccc([C@H]5C[C@@H](O)CN5C(=O)OC(C)(C)C)cc4F)cn3c2cc1OC. The Morgan fingerprint density at radius 3 is 2.61 bits per heavy atom. The maximum Gasteiger partial charge on any atom is 0.410 e. The van der Waals surface area contributed by atoms with Gasteiger partial charge in [0.2, 0.25) is 0 Å². The molecule has 4 aromatic rings. The molecule has 1 fully saturated rings. The standard InChI is InChI=1S/C27H28FN3O6S/c1-27(2,3)37-26(34)31-12-15(32)9-20(31)14-6-7-16(18(28)8-14)19-13-30-21-11-22(35-4)17(24(33)36-5)10-23(21)38-25(30)29-19/h6-8,10-11,13,15,20,32H,9,12H2,1-5H3/t15-,20-/m1/s1.